The number of anilines is 1. The third-order valence-electron chi connectivity index (χ3n) is 3.94. The Bertz CT molecular complexity index is 780. The van der Waals surface area contributed by atoms with Gasteiger partial charge in [0.25, 0.3) is 0 Å². The lowest BCUT2D eigenvalue weighted by Gasteiger charge is -2.22. The molecule has 0 radical (unpaired) electrons. The fraction of sp³-hybridized carbons (Fsp3) is 0.316. The third kappa shape index (κ3) is 4.60. The first kappa shape index (κ1) is 18.4. The number of fused-ring (bicyclic) bond motifs is 1. The molecular weight excluding hydrogens is 400 g/mol. The number of amides is 2. The Kier molecular flexibility index (Phi) is 5.88. The molecule has 3 rings (SSSR count). The fourth-order valence-corrected chi connectivity index (χ4v) is 2.83. The second-order valence-electron chi connectivity index (χ2n) is 5.99. The summed E-state index contributed by atoms with van der Waals surface area (Å²) in [5.74, 6) is 2.08. The van der Waals surface area contributed by atoms with Crippen molar-refractivity contribution in [2.45, 2.75) is 6.92 Å². The van der Waals surface area contributed by atoms with Gasteiger partial charge in [0.15, 0.2) is 11.5 Å². The molecular formula is C19H21BrN2O4. The maximum absolute atomic E-state index is 12.4. The third-order valence-corrected chi connectivity index (χ3v) is 4.59. The zero-order chi connectivity index (χ0) is 18.5. The van der Waals surface area contributed by atoms with E-state index < -0.39 is 0 Å². The minimum Gasteiger partial charge on any atom is -0.492 e. The van der Waals surface area contributed by atoms with Gasteiger partial charge in [-0.2, -0.15) is 0 Å². The predicted molar refractivity (Wildman–Crippen MR) is 103 cm³/mol. The molecule has 0 saturated carbocycles. The molecule has 0 spiro atoms. The van der Waals surface area contributed by atoms with Crippen molar-refractivity contribution in [1.82, 2.24) is 4.90 Å². The number of halogens is 1. The molecule has 1 aliphatic heterocycles. The predicted octanol–water partition coefficient (Wildman–Crippen LogP) is 4.07. The first-order valence-electron chi connectivity index (χ1n) is 8.33. The van der Waals surface area contributed by atoms with Crippen molar-refractivity contribution in [2.24, 2.45) is 0 Å². The summed E-state index contributed by atoms with van der Waals surface area (Å²) in [6.45, 7) is 3.92. The summed E-state index contributed by atoms with van der Waals surface area (Å²) in [6.07, 6.45) is 0. The van der Waals surface area contributed by atoms with Gasteiger partial charge in [0.1, 0.15) is 25.6 Å². The number of likely N-dealkylation sites (N-methyl/N-ethyl adjacent to an activating group) is 1. The van der Waals surface area contributed by atoms with Gasteiger partial charge in [-0.25, -0.2) is 4.79 Å². The minimum absolute atomic E-state index is 0.227. The molecule has 26 heavy (non-hydrogen) atoms. The summed E-state index contributed by atoms with van der Waals surface area (Å²) < 4.78 is 17.5. The van der Waals surface area contributed by atoms with E-state index in [0.29, 0.717) is 43.6 Å². The van der Waals surface area contributed by atoms with E-state index in [0.717, 1.165) is 10.2 Å². The number of rotatable bonds is 5. The normalized spacial score (nSPS) is 12.4. The maximum Gasteiger partial charge on any atom is 0.321 e. The van der Waals surface area contributed by atoms with Crippen molar-refractivity contribution in [1.29, 1.82) is 0 Å². The van der Waals surface area contributed by atoms with Crippen LogP contribution in [0.5, 0.6) is 17.2 Å². The van der Waals surface area contributed by atoms with E-state index in [2.05, 4.69) is 21.2 Å². The second-order valence-corrected chi connectivity index (χ2v) is 6.84. The molecule has 1 heterocycles. The first-order chi connectivity index (χ1) is 12.5. The number of aryl methyl sites for hydroxylation is 1. The van der Waals surface area contributed by atoms with Gasteiger partial charge in [0.05, 0.1) is 12.2 Å². The first-order valence-corrected chi connectivity index (χ1v) is 9.13. The Balaban J connectivity index is 1.53. The molecule has 7 heteroatoms. The molecule has 0 saturated heterocycles. The van der Waals surface area contributed by atoms with Gasteiger partial charge >= 0.3 is 6.03 Å². The number of hydrogen-bond donors (Lipinski definition) is 1. The van der Waals surface area contributed by atoms with Gasteiger partial charge in [0, 0.05) is 23.7 Å². The number of carbonyl (C=O) groups excluding carboxylic acids is 1. The number of ether oxygens (including phenoxy) is 3. The van der Waals surface area contributed by atoms with Gasteiger partial charge in [0.2, 0.25) is 0 Å². The number of carbonyl (C=O) groups is 1. The summed E-state index contributed by atoms with van der Waals surface area (Å²) in [7, 11) is 1.72. The number of hydrogen-bond acceptors (Lipinski definition) is 4. The quantitative estimate of drug-likeness (QED) is 0.791. The van der Waals surface area contributed by atoms with E-state index in [1.807, 2.05) is 31.2 Å². The summed E-state index contributed by atoms with van der Waals surface area (Å²) in [4.78, 5) is 14.0. The second kappa shape index (κ2) is 8.31. The van der Waals surface area contributed by atoms with Crippen molar-refractivity contribution in [3.63, 3.8) is 0 Å². The average Bonchev–Trinajstić information content (AvgIpc) is 2.63. The van der Waals surface area contributed by atoms with E-state index in [4.69, 9.17) is 14.2 Å². The van der Waals surface area contributed by atoms with E-state index in [-0.39, 0.29) is 6.03 Å². The summed E-state index contributed by atoms with van der Waals surface area (Å²) in [5.41, 5.74) is 1.81. The topological polar surface area (TPSA) is 60.0 Å². The molecule has 0 bridgehead atoms. The Labute approximate surface area is 161 Å². The van der Waals surface area contributed by atoms with Gasteiger partial charge in [-0.15, -0.1) is 0 Å². The van der Waals surface area contributed by atoms with Crippen LogP contribution in [-0.4, -0.2) is 44.3 Å². The molecule has 2 aromatic rings. The molecule has 0 fully saturated rings. The minimum atomic E-state index is -0.227. The van der Waals surface area contributed by atoms with Gasteiger partial charge in [-0.1, -0.05) is 17.7 Å². The van der Waals surface area contributed by atoms with Crippen molar-refractivity contribution in [2.75, 3.05) is 38.7 Å². The van der Waals surface area contributed by atoms with Crippen molar-refractivity contribution < 1.29 is 19.0 Å². The molecule has 6 nitrogen and oxygen atoms in total. The molecule has 1 N–H and O–H groups in total. The Hall–Kier alpha value is -2.41. The van der Waals surface area contributed by atoms with Crippen molar-refractivity contribution in [3.05, 3.63) is 46.4 Å². The average molecular weight is 421 g/mol. The van der Waals surface area contributed by atoms with Crippen LogP contribution in [0.15, 0.2) is 40.9 Å². The van der Waals surface area contributed by atoms with Crippen LogP contribution in [0.25, 0.3) is 0 Å². The zero-order valence-corrected chi connectivity index (χ0v) is 16.3. The van der Waals surface area contributed by atoms with Crippen LogP contribution in [0.1, 0.15) is 5.56 Å². The molecule has 0 atom stereocenters. The van der Waals surface area contributed by atoms with Crippen LogP contribution in [0.3, 0.4) is 0 Å². The van der Waals surface area contributed by atoms with Crippen LogP contribution in [0.2, 0.25) is 0 Å². The van der Waals surface area contributed by atoms with Gasteiger partial charge < -0.3 is 24.4 Å². The summed E-state index contributed by atoms with van der Waals surface area (Å²) in [6, 6.07) is 11.1. The SMILES string of the molecule is Cc1ccc(OCCN(C)C(=O)Nc2cc3c(cc2Br)OCCO3)cc1. The Morgan fingerprint density at radius 2 is 1.85 bits per heavy atom. The zero-order valence-electron chi connectivity index (χ0n) is 14.8. The van der Waals surface area contributed by atoms with Gasteiger partial charge in [-0.3, -0.25) is 0 Å². The van der Waals surface area contributed by atoms with E-state index in [1.165, 1.54) is 5.56 Å². The highest BCUT2D eigenvalue weighted by molar-refractivity contribution is 9.10. The summed E-state index contributed by atoms with van der Waals surface area (Å²) in [5, 5.41) is 2.87. The fourth-order valence-electron chi connectivity index (χ4n) is 2.41. The van der Waals surface area contributed by atoms with Crippen molar-refractivity contribution in [3.8, 4) is 17.2 Å². The highest BCUT2D eigenvalue weighted by Gasteiger charge is 2.17. The lowest BCUT2D eigenvalue weighted by atomic mass is 10.2. The lowest BCUT2D eigenvalue weighted by Crippen LogP contribution is -2.34. The van der Waals surface area contributed by atoms with E-state index >= 15 is 0 Å². The molecule has 0 aliphatic carbocycles. The van der Waals surface area contributed by atoms with Crippen LogP contribution >= 0.6 is 15.9 Å². The summed E-state index contributed by atoms with van der Waals surface area (Å²) >= 11 is 3.45. The molecule has 1 aliphatic rings. The standard InChI is InChI=1S/C19H21BrN2O4/c1-13-3-5-14(6-4-13)24-8-7-22(2)19(23)21-16-12-18-17(11-15(16)20)25-9-10-26-18/h3-6,11-12H,7-10H2,1-2H3,(H,21,23). The lowest BCUT2D eigenvalue weighted by molar-refractivity contribution is 0.171. The number of nitrogens with zero attached hydrogens (tertiary/aromatic N) is 1. The molecule has 0 unspecified atom stereocenters. The monoisotopic (exact) mass is 420 g/mol. The van der Waals surface area contributed by atoms with Crippen LogP contribution < -0.4 is 19.5 Å². The highest BCUT2D eigenvalue weighted by atomic mass is 79.9. The van der Waals surface area contributed by atoms with E-state index in [9.17, 15) is 4.79 Å². The smallest absolute Gasteiger partial charge is 0.321 e. The van der Waals surface area contributed by atoms with Crippen LogP contribution in [-0.2, 0) is 0 Å². The molecule has 2 amide bonds. The van der Waals surface area contributed by atoms with E-state index in [1.54, 1.807) is 24.1 Å². The van der Waals surface area contributed by atoms with Gasteiger partial charge in [-0.05, 0) is 35.0 Å². The number of nitrogens with one attached hydrogen (secondary N) is 1. The maximum atomic E-state index is 12.4. The van der Waals surface area contributed by atoms with Crippen LogP contribution in [0.4, 0.5) is 10.5 Å². The molecule has 138 valence electrons. The number of urea groups is 1. The Morgan fingerprint density at radius 1 is 1.19 bits per heavy atom. The van der Waals surface area contributed by atoms with Crippen LogP contribution in [0, 0.1) is 6.92 Å². The highest BCUT2D eigenvalue weighted by Crippen LogP contribution is 2.38. The molecule has 2 aromatic carbocycles. The number of benzene rings is 2. The largest absolute Gasteiger partial charge is 0.492 e. The van der Waals surface area contributed by atoms with Crippen molar-refractivity contribution >= 4 is 27.6 Å². The molecule has 0 aromatic heterocycles. The Morgan fingerprint density at radius 3 is 2.54 bits per heavy atom.